The van der Waals surface area contributed by atoms with E-state index in [1.165, 1.54) is 0 Å². The first-order valence-electron chi connectivity index (χ1n) is 6.86. The molecule has 1 aliphatic heterocycles. The molecule has 1 aliphatic rings. The number of aromatic nitrogens is 2. The zero-order valence-corrected chi connectivity index (χ0v) is 12.3. The molecule has 0 saturated carbocycles. The minimum atomic E-state index is -4.44. The lowest BCUT2D eigenvalue weighted by atomic mass is 10.1. The van der Waals surface area contributed by atoms with Gasteiger partial charge in [0.1, 0.15) is 5.82 Å². The molecule has 0 aromatic carbocycles. The summed E-state index contributed by atoms with van der Waals surface area (Å²) in [6.07, 6.45) is 1.67. The van der Waals surface area contributed by atoms with Crippen molar-refractivity contribution in [2.75, 3.05) is 11.4 Å². The van der Waals surface area contributed by atoms with Crippen molar-refractivity contribution in [1.29, 1.82) is 0 Å². The van der Waals surface area contributed by atoms with Crippen LogP contribution >= 0.6 is 11.6 Å². The summed E-state index contributed by atoms with van der Waals surface area (Å²) >= 11 is 6.05. The van der Waals surface area contributed by atoms with Gasteiger partial charge in [0, 0.05) is 25.1 Å². The largest absolute Gasteiger partial charge is 0.417 e. The molecule has 0 aliphatic carbocycles. The Morgan fingerprint density at radius 1 is 1.27 bits per heavy atom. The second kappa shape index (κ2) is 5.76. The molecule has 1 fully saturated rings. The van der Waals surface area contributed by atoms with E-state index in [9.17, 15) is 13.2 Å². The monoisotopic (exact) mass is 327 g/mol. The van der Waals surface area contributed by atoms with E-state index in [1.807, 2.05) is 17.0 Å². The molecule has 3 heterocycles. The summed E-state index contributed by atoms with van der Waals surface area (Å²) in [5.74, 6) is 0.390. The highest BCUT2D eigenvalue weighted by Gasteiger charge is 2.34. The smallest absolute Gasteiger partial charge is 0.348 e. The average Bonchev–Trinajstić information content (AvgIpc) is 2.96. The molecule has 1 unspecified atom stereocenters. The predicted molar refractivity (Wildman–Crippen MR) is 77.8 cm³/mol. The van der Waals surface area contributed by atoms with Gasteiger partial charge in [0.25, 0.3) is 0 Å². The maximum atomic E-state index is 12.7. The molecule has 7 heteroatoms. The number of nitrogens with zero attached hydrogens (tertiary/aromatic N) is 3. The molecule has 3 nitrogen and oxygen atoms in total. The lowest BCUT2D eigenvalue weighted by Gasteiger charge is -2.27. The first-order chi connectivity index (χ1) is 10.5. The minimum absolute atomic E-state index is 0.0191. The Balaban J connectivity index is 1.93. The third kappa shape index (κ3) is 2.88. The molecular weight excluding hydrogens is 315 g/mol. The maximum Gasteiger partial charge on any atom is 0.417 e. The first-order valence-corrected chi connectivity index (χ1v) is 7.24. The zero-order chi connectivity index (χ0) is 15.7. The summed E-state index contributed by atoms with van der Waals surface area (Å²) in [6.45, 7) is 0.706. The summed E-state index contributed by atoms with van der Waals surface area (Å²) < 4.78 is 38.1. The normalized spacial score (nSPS) is 18.7. The molecule has 0 bridgehead atoms. The van der Waals surface area contributed by atoms with Crippen molar-refractivity contribution in [1.82, 2.24) is 9.97 Å². The van der Waals surface area contributed by atoms with Crippen LogP contribution in [0.4, 0.5) is 19.0 Å². The summed E-state index contributed by atoms with van der Waals surface area (Å²) in [5, 5.41) is 0.0191. The number of rotatable bonds is 2. The van der Waals surface area contributed by atoms with Gasteiger partial charge in [-0.05, 0) is 30.5 Å². The van der Waals surface area contributed by atoms with E-state index >= 15 is 0 Å². The lowest BCUT2D eigenvalue weighted by molar-refractivity contribution is -0.137. The highest BCUT2D eigenvalue weighted by Crippen LogP contribution is 2.39. The standard InChI is InChI=1S/C15H13ClF3N3/c16-12-7-11(15(17,18)19)9-21-14(12)22-6-2-4-13(22)10-3-1-5-20-8-10/h1,3,5,7-9,13H,2,4,6H2. The Morgan fingerprint density at radius 2 is 2.09 bits per heavy atom. The van der Waals surface area contributed by atoms with Crippen LogP contribution in [-0.4, -0.2) is 16.5 Å². The van der Waals surface area contributed by atoms with Crippen LogP contribution in [0.25, 0.3) is 0 Å². The molecule has 2 aromatic rings. The van der Waals surface area contributed by atoms with Crippen molar-refractivity contribution in [2.45, 2.75) is 25.1 Å². The third-order valence-corrected chi connectivity index (χ3v) is 4.02. The maximum absolute atomic E-state index is 12.7. The topological polar surface area (TPSA) is 29.0 Å². The average molecular weight is 328 g/mol. The molecule has 22 heavy (non-hydrogen) atoms. The molecule has 1 atom stereocenters. The van der Waals surface area contributed by atoms with Gasteiger partial charge in [0.05, 0.1) is 16.6 Å². The van der Waals surface area contributed by atoms with E-state index in [0.29, 0.717) is 12.4 Å². The van der Waals surface area contributed by atoms with E-state index in [4.69, 9.17) is 11.6 Å². The molecule has 1 saturated heterocycles. The fourth-order valence-corrected chi connectivity index (χ4v) is 3.01. The van der Waals surface area contributed by atoms with Crippen LogP contribution in [0.3, 0.4) is 0 Å². The van der Waals surface area contributed by atoms with Crippen LogP contribution in [0.15, 0.2) is 36.8 Å². The van der Waals surface area contributed by atoms with Crippen molar-refractivity contribution in [3.63, 3.8) is 0 Å². The Hall–Kier alpha value is -1.82. The van der Waals surface area contributed by atoms with Gasteiger partial charge in [-0.15, -0.1) is 0 Å². The predicted octanol–water partition coefficient (Wildman–Crippen LogP) is 4.49. The van der Waals surface area contributed by atoms with E-state index in [1.54, 1.807) is 12.4 Å². The van der Waals surface area contributed by atoms with Gasteiger partial charge in [0.15, 0.2) is 0 Å². The Kier molecular flexibility index (Phi) is 3.95. The number of alkyl halides is 3. The van der Waals surface area contributed by atoms with Gasteiger partial charge < -0.3 is 4.90 Å². The van der Waals surface area contributed by atoms with Crippen molar-refractivity contribution >= 4 is 17.4 Å². The van der Waals surface area contributed by atoms with Crippen LogP contribution in [0.2, 0.25) is 5.02 Å². The first kappa shape index (κ1) is 15.1. The van der Waals surface area contributed by atoms with Crippen molar-refractivity contribution in [3.8, 4) is 0 Å². The summed E-state index contributed by atoms with van der Waals surface area (Å²) in [7, 11) is 0. The number of hydrogen-bond acceptors (Lipinski definition) is 3. The number of halogens is 4. The highest BCUT2D eigenvalue weighted by molar-refractivity contribution is 6.33. The van der Waals surface area contributed by atoms with Crippen molar-refractivity contribution < 1.29 is 13.2 Å². The molecule has 0 radical (unpaired) electrons. The van der Waals surface area contributed by atoms with Gasteiger partial charge in [-0.1, -0.05) is 17.7 Å². The molecule has 0 amide bonds. The third-order valence-electron chi connectivity index (χ3n) is 3.74. The summed E-state index contributed by atoms with van der Waals surface area (Å²) in [5.41, 5.74) is 0.177. The quantitative estimate of drug-likeness (QED) is 0.813. The van der Waals surface area contributed by atoms with E-state index in [-0.39, 0.29) is 11.1 Å². The molecular formula is C15H13ClF3N3. The Labute approximate surface area is 130 Å². The summed E-state index contributed by atoms with van der Waals surface area (Å²) in [6, 6.07) is 4.76. The zero-order valence-electron chi connectivity index (χ0n) is 11.5. The highest BCUT2D eigenvalue weighted by atomic mass is 35.5. The minimum Gasteiger partial charge on any atom is -0.348 e. The van der Waals surface area contributed by atoms with Gasteiger partial charge in [0.2, 0.25) is 0 Å². The number of anilines is 1. The van der Waals surface area contributed by atoms with E-state index < -0.39 is 11.7 Å². The van der Waals surface area contributed by atoms with Crippen LogP contribution in [0.5, 0.6) is 0 Å². The second-order valence-electron chi connectivity index (χ2n) is 5.16. The fraction of sp³-hybridized carbons (Fsp3) is 0.333. The van der Waals surface area contributed by atoms with Crippen LogP contribution in [-0.2, 0) is 6.18 Å². The van der Waals surface area contributed by atoms with E-state index in [0.717, 1.165) is 30.7 Å². The fourth-order valence-electron chi connectivity index (χ4n) is 2.74. The molecule has 3 rings (SSSR count). The van der Waals surface area contributed by atoms with Gasteiger partial charge in [-0.3, -0.25) is 4.98 Å². The van der Waals surface area contributed by atoms with Crippen molar-refractivity contribution in [3.05, 3.63) is 52.9 Å². The van der Waals surface area contributed by atoms with Crippen LogP contribution in [0, 0.1) is 0 Å². The van der Waals surface area contributed by atoms with Crippen molar-refractivity contribution in [2.24, 2.45) is 0 Å². The van der Waals surface area contributed by atoms with E-state index in [2.05, 4.69) is 9.97 Å². The van der Waals surface area contributed by atoms with Gasteiger partial charge >= 0.3 is 6.18 Å². The molecule has 116 valence electrons. The molecule has 2 aromatic heterocycles. The van der Waals surface area contributed by atoms with Crippen LogP contribution in [0.1, 0.15) is 30.0 Å². The second-order valence-corrected chi connectivity index (χ2v) is 5.57. The molecule has 0 N–H and O–H groups in total. The number of pyridine rings is 2. The van der Waals surface area contributed by atoms with Gasteiger partial charge in [-0.25, -0.2) is 4.98 Å². The lowest BCUT2D eigenvalue weighted by Crippen LogP contribution is -2.24. The Morgan fingerprint density at radius 3 is 2.73 bits per heavy atom. The summed E-state index contributed by atoms with van der Waals surface area (Å²) in [4.78, 5) is 10.00. The number of hydrogen-bond donors (Lipinski definition) is 0. The van der Waals surface area contributed by atoms with Gasteiger partial charge in [-0.2, -0.15) is 13.2 Å². The molecule has 0 spiro atoms. The van der Waals surface area contributed by atoms with Crippen LogP contribution < -0.4 is 4.90 Å². The SMILES string of the molecule is FC(F)(F)c1cnc(N2CCCC2c2cccnc2)c(Cl)c1. The Bertz CT molecular complexity index is 661.